The third-order valence-electron chi connectivity index (χ3n) is 4.54. The lowest BCUT2D eigenvalue weighted by Crippen LogP contribution is -2.19. The van der Waals surface area contributed by atoms with Gasteiger partial charge in [-0.15, -0.1) is 0 Å². The molecule has 0 saturated heterocycles. The maximum absolute atomic E-state index is 10.4. The molecule has 3 aromatic rings. The average Bonchev–Trinajstić information content (AvgIpc) is 3.09. The summed E-state index contributed by atoms with van der Waals surface area (Å²) in [6, 6.07) is 19.9. The van der Waals surface area contributed by atoms with Crippen LogP contribution in [0.5, 0.6) is 5.75 Å². The highest BCUT2D eigenvalue weighted by Gasteiger charge is 2.32. The average molecular weight is 418 g/mol. The van der Waals surface area contributed by atoms with Gasteiger partial charge in [-0.1, -0.05) is 65.1 Å². The first-order chi connectivity index (χ1) is 13.0. The van der Waals surface area contributed by atoms with Gasteiger partial charge in [0.1, 0.15) is 5.75 Å². The molecule has 0 spiro atoms. The van der Waals surface area contributed by atoms with Gasteiger partial charge in [-0.3, -0.25) is 5.01 Å². The number of rotatable bonds is 3. The van der Waals surface area contributed by atoms with Crippen molar-refractivity contribution in [3.05, 3.63) is 92.9 Å². The van der Waals surface area contributed by atoms with E-state index in [9.17, 15) is 5.11 Å². The molecule has 0 amide bonds. The van der Waals surface area contributed by atoms with E-state index in [1.165, 1.54) is 0 Å². The zero-order valence-electron chi connectivity index (χ0n) is 14.1. The van der Waals surface area contributed by atoms with Gasteiger partial charge in [0, 0.05) is 22.0 Å². The lowest BCUT2D eigenvalue weighted by atomic mass is 9.97. The third kappa shape index (κ3) is 3.63. The van der Waals surface area contributed by atoms with Gasteiger partial charge in [0.15, 0.2) is 0 Å². The zero-order valence-corrected chi connectivity index (χ0v) is 16.4. The second kappa shape index (κ2) is 7.43. The van der Waals surface area contributed by atoms with Crippen molar-refractivity contribution in [3.8, 4) is 5.75 Å². The molecule has 1 aliphatic heterocycles. The van der Waals surface area contributed by atoms with Crippen LogP contribution in [-0.4, -0.2) is 10.8 Å². The van der Waals surface area contributed by atoms with Crippen LogP contribution in [0.3, 0.4) is 0 Å². The van der Waals surface area contributed by atoms with Crippen molar-refractivity contribution in [3.63, 3.8) is 0 Å². The Bertz CT molecular complexity index is 1020. The molecule has 0 radical (unpaired) electrons. The first-order valence-corrected chi connectivity index (χ1v) is 9.52. The summed E-state index contributed by atoms with van der Waals surface area (Å²) in [5.41, 5.74) is 3.33. The van der Waals surface area contributed by atoms with E-state index in [-0.39, 0.29) is 11.8 Å². The molecule has 0 saturated carbocycles. The van der Waals surface area contributed by atoms with Crippen molar-refractivity contribution < 1.29 is 5.11 Å². The molecule has 136 valence electrons. The van der Waals surface area contributed by atoms with Crippen LogP contribution in [0.2, 0.25) is 15.1 Å². The lowest BCUT2D eigenvalue weighted by molar-refractivity contribution is 0.461. The molecule has 3 nitrogen and oxygen atoms in total. The SMILES string of the molecule is Oc1ccccc1C1CC(c2ccc(Cl)cc2)=NN1c1cc(Cl)ccc1Cl. The van der Waals surface area contributed by atoms with Gasteiger partial charge in [-0.2, -0.15) is 5.10 Å². The number of phenols is 1. The molecule has 1 unspecified atom stereocenters. The normalized spacial score (nSPS) is 16.5. The van der Waals surface area contributed by atoms with Gasteiger partial charge in [0.05, 0.1) is 22.5 Å². The summed E-state index contributed by atoms with van der Waals surface area (Å²) < 4.78 is 0. The first-order valence-electron chi connectivity index (χ1n) is 8.38. The van der Waals surface area contributed by atoms with E-state index in [1.54, 1.807) is 30.3 Å². The van der Waals surface area contributed by atoms with E-state index in [4.69, 9.17) is 39.9 Å². The van der Waals surface area contributed by atoms with Crippen LogP contribution < -0.4 is 5.01 Å². The van der Waals surface area contributed by atoms with Gasteiger partial charge in [0.2, 0.25) is 0 Å². The Morgan fingerprint density at radius 2 is 1.59 bits per heavy atom. The summed E-state index contributed by atoms with van der Waals surface area (Å²) in [6.45, 7) is 0. The van der Waals surface area contributed by atoms with Gasteiger partial charge < -0.3 is 5.11 Å². The van der Waals surface area contributed by atoms with Crippen molar-refractivity contribution in [1.82, 2.24) is 0 Å². The standard InChI is InChI=1S/C21H15Cl3N2O/c22-14-7-5-13(6-8-14)18-12-19(16-3-1-2-4-21(16)27)26(25-18)20-11-15(23)9-10-17(20)24/h1-11,19,27H,12H2. The number of anilines is 1. The van der Waals surface area contributed by atoms with E-state index in [1.807, 2.05) is 41.4 Å². The summed E-state index contributed by atoms with van der Waals surface area (Å²) in [4.78, 5) is 0. The Hall–Kier alpha value is -2.20. The number of aromatic hydroxyl groups is 1. The van der Waals surface area contributed by atoms with Crippen LogP contribution >= 0.6 is 34.8 Å². The quantitative estimate of drug-likeness (QED) is 0.514. The van der Waals surface area contributed by atoms with Gasteiger partial charge in [-0.25, -0.2) is 0 Å². The molecule has 1 aliphatic rings. The predicted molar refractivity (Wildman–Crippen MR) is 112 cm³/mol. The second-order valence-electron chi connectivity index (χ2n) is 6.27. The highest BCUT2D eigenvalue weighted by atomic mass is 35.5. The molecule has 4 rings (SSSR count). The van der Waals surface area contributed by atoms with Crippen molar-refractivity contribution in [2.75, 3.05) is 5.01 Å². The molecule has 6 heteroatoms. The van der Waals surface area contributed by atoms with Gasteiger partial charge >= 0.3 is 0 Å². The number of hydrazone groups is 1. The fourth-order valence-electron chi connectivity index (χ4n) is 3.22. The second-order valence-corrected chi connectivity index (χ2v) is 7.55. The van der Waals surface area contributed by atoms with Crippen molar-refractivity contribution in [1.29, 1.82) is 0 Å². The van der Waals surface area contributed by atoms with Crippen LogP contribution in [-0.2, 0) is 0 Å². The number of hydrogen-bond donors (Lipinski definition) is 1. The summed E-state index contributed by atoms with van der Waals surface area (Å²) in [7, 11) is 0. The molecule has 3 aromatic carbocycles. The van der Waals surface area contributed by atoms with E-state index in [0.29, 0.717) is 27.2 Å². The maximum atomic E-state index is 10.4. The maximum Gasteiger partial charge on any atom is 0.120 e. The number of benzene rings is 3. The van der Waals surface area contributed by atoms with Crippen LogP contribution in [0.4, 0.5) is 5.69 Å². The Balaban J connectivity index is 1.82. The minimum atomic E-state index is -0.201. The van der Waals surface area contributed by atoms with E-state index in [2.05, 4.69) is 0 Å². The number of halogens is 3. The minimum absolute atomic E-state index is 0.201. The molecule has 1 heterocycles. The molecule has 0 aliphatic carbocycles. The Labute approximate surface area is 172 Å². The summed E-state index contributed by atoms with van der Waals surface area (Å²) in [5, 5.41) is 18.8. The lowest BCUT2D eigenvalue weighted by Gasteiger charge is -2.25. The van der Waals surface area contributed by atoms with E-state index in [0.717, 1.165) is 16.8 Å². The van der Waals surface area contributed by atoms with E-state index < -0.39 is 0 Å². The number of phenolic OH excluding ortho intramolecular Hbond substituents is 1. The van der Waals surface area contributed by atoms with Gasteiger partial charge in [-0.05, 0) is 42.0 Å². The molecular weight excluding hydrogens is 403 g/mol. The molecule has 0 bridgehead atoms. The van der Waals surface area contributed by atoms with Crippen molar-refractivity contribution >= 4 is 46.2 Å². The first kappa shape index (κ1) is 18.2. The van der Waals surface area contributed by atoms with Crippen molar-refractivity contribution in [2.24, 2.45) is 5.10 Å². The van der Waals surface area contributed by atoms with Crippen LogP contribution in [0.15, 0.2) is 71.8 Å². The number of hydrogen-bond acceptors (Lipinski definition) is 3. The summed E-state index contributed by atoms with van der Waals surface area (Å²) in [5.74, 6) is 0.221. The molecule has 1 atom stereocenters. The molecule has 0 fully saturated rings. The highest BCUT2D eigenvalue weighted by Crippen LogP contribution is 2.42. The monoisotopic (exact) mass is 416 g/mol. The Kier molecular flexibility index (Phi) is 5.00. The molecule has 0 aromatic heterocycles. The number of nitrogens with zero attached hydrogens (tertiary/aromatic N) is 2. The van der Waals surface area contributed by atoms with Crippen molar-refractivity contribution in [2.45, 2.75) is 12.5 Å². The summed E-state index contributed by atoms with van der Waals surface area (Å²) >= 11 is 18.6. The molecular formula is C21H15Cl3N2O. The van der Waals surface area contributed by atoms with Crippen LogP contribution in [0.1, 0.15) is 23.6 Å². The minimum Gasteiger partial charge on any atom is -0.508 e. The molecule has 27 heavy (non-hydrogen) atoms. The fourth-order valence-corrected chi connectivity index (χ4v) is 3.72. The van der Waals surface area contributed by atoms with E-state index >= 15 is 0 Å². The predicted octanol–water partition coefficient (Wildman–Crippen LogP) is 6.71. The Morgan fingerprint density at radius 3 is 2.33 bits per heavy atom. The summed E-state index contributed by atoms with van der Waals surface area (Å²) in [6.07, 6.45) is 0.613. The van der Waals surface area contributed by atoms with Crippen LogP contribution in [0.25, 0.3) is 0 Å². The third-order valence-corrected chi connectivity index (χ3v) is 5.35. The smallest absolute Gasteiger partial charge is 0.120 e. The highest BCUT2D eigenvalue weighted by molar-refractivity contribution is 6.35. The Morgan fingerprint density at radius 1 is 0.889 bits per heavy atom. The zero-order chi connectivity index (χ0) is 19.0. The van der Waals surface area contributed by atoms with Crippen LogP contribution in [0, 0.1) is 0 Å². The fraction of sp³-hybridized carbons (Fsp3) is 0.0952. The topological polar surface area (TPSA) is 35.8 Å². The van der Waals surface area contributed by atoms with Gasteiger partial charge in [0.25, 0.3) is 0 Å². The largest absolute Gasteiger partial charge is 0.508 e. The molecule has 1 N–H and O–H groups in total. The number of para-hydroxylation sites is 1.